The number of benzene rings is 2. The number of carbonyl (C=O) groups is 1. The number of rotatable bonds is 5. The van der Waals surface area contributed by atoms with Gasteiger partial charge in [0.05, 0.1) is 0 Å². The molecule has 1 heterocycles. The van der Waals surface area contributed by atoms with Gasteiger partial charge in [-0.3, -0.25) is 4.79 Å². The molecule has 0 atom stereocenters. The highest BCUT2D eigenvalue weighted by molar-refractivity contribution is 6.04. The third-order valence-corrected chi connectivity index (χ3v) is 3.74. The van der Waals surface area contributed by atoms with Gasteiger partial charge in [-0.1, -0.05) is 24.3 Å². The van der Waals surface area contributed by atoms with Crippen LogP contribution >= 0.6 is 0 Å². The Labute approximate surface area is 159 Å². The van der Waals surface area contributed by atoms with Crippen molar-refractivity contribution in [2.24, 2.45) is 5.73 Å². The molecule has 0 saturated carbocycles. The molecular formula is C20H16F3N3O2. The van der Waals surface area contributed by atoms with Crippen LogP contribution in [-0.2, 0) is 12.7 Å². The Bertz CT molecular complexity index is 976. The summed E-state index contributed by atoms with van der Waals surface area (Å²) in [5, 5.41) is 2.72. The van der Waals surface area contributed by atoms with E-state index in [4.69, 9.17) is 10.5 Å². The molecule has 3 aromatic rings. The fourth-order valence-corrected chi connectivity index (χ4v) is 2.42. The lowest BCUT2D eigenvalue weighted by atomic mass is 10.2. The summed E-state index contributed by atoms with van der Waals surface area (Å²) in [6.45, 7) is -0.0958. The molecule has 0 aliphatic carbocycles. The van der Waals surface area contributed by atoms with Crippen LogP contribution in [0.2, 0.25) is 0 Å². The molecule has 1 amide bonds. The lowest BCUT2D eigenvalue weighted by molar-refractivity contribution is -0.141. The van der Waals surface area contributed by atoms with Crippen molar-refractivity contribution in [1.29, 1.82) is 0 Å². The Kier molecular flexibility index (Phi) is 5.60. The van der Waals surface area contributed by atoms with Gasteiger partial charge in [0.25, 0.3) is 5.91 Å². The SMILES string of the molecule is NCc1cc(Oc2cccc(C(=O)Nc3ccccc3)c2)nc(C(F)(F)F)c1. The maximum absolute atomic E-state index is 13.0. The minimum absolute atomic E-state index is 0.0958. The summed E-state index contributed by atoms with van der Waals surface area (Å²) in [5.74, 6) is -0.456. The van der Waals surface area contributed by atoms with Gasteiger partial charge in [-0.15, -0.1) is 0 Å². The van der Waals surface area contributed by atoms with Crippen LogP contribution in [0.5, 0.6) is 11.6 Å². The van der Waals surface area contributed by atoms with E-state index in [1.807, 2.05) is 6.07 Å². The number of carbonyl (C=O) groups excluding carboxylic acids is 1. The predicted octanol–water partition coefficient (Wildman–Crippen LogP) is 4.60. The van der Waals surface area contributed by atoms with Crippen molar-refractivity contribution in [3.63, 3.8) is 0 Å². The zero-order valence-corrected chi connectivity index (χ0v) is 14.5. The number of aromatic nitrogens is 1. The molecule has 0 fully saturated rings. The van der Waals surface area contributed by atoms with Gasteiger partial charge in [0.2, 0.25) is 5.88 Å². The van der Waals surface area contributed by atoms with E-state index in [9.17, 15) is 18.0 Å². The van der Waals surface area contributed by atoms with Crippen molar-refractivity contribution >= 4 is 11.6 Å². The Hall–Kier alpha value is -3.39. The first kappa shape index (κ1) is 19.4. The Balaban J connectivity index is 1.82. The van der Waals surface area contributed by atoms with Crippen LogP contribution in [0.3, 0.4) is 0 Å². The van der Waals surface area contributed by atoms with Gasteiger partial charge in [-0.05, 0) is 42.0 Å². The van der Waals surface area contributed by atoms with Crippen molar-refractivity contribution in [3.8, 4) is 11.6 Å². The maximum Gasteiger partial charge on any atom is 0.433 e. The first-order valence-electron chi connectivity index (χ1n) is 8.28. The monoisotopic (exact) mass is 387 g/mol. The molecule has 8 heteroatoms. The molecule has 0 unspecified atom stereocenters. The molecule has 3 N–H and O–H groups in total. The fraction of sp³-hybridized carbons (Fsp3) is 0.100. The highest BCUT2D eigenvalue weighted by atomic mass is 19.4. The molecule has 2 aromatic carbocycles. The lowest BCUT2D eigenvalue weighted by Crippen LogP contribution is -2.12. The highest BCUT2D eigenvalue weighted by Crippen LogP contribution is 2.31. The van der Waals surface area contributed by atoms with E-state index in [0.717, 1.165) is 6.07 Å². The van der Waals surface area contributed by atoms with E-state index in [0.29, 0.717) is 5.69 Å². The number of pyridine rings is 1. The first-order chi connectivity index (χ1) is 13.3. The molecular weight excluding hydrogens is 371 g/mol. The Morgan fingerprint density at radius 2 is 1.79 bits per heavy atom. The summed E-state index contributed by atoms with van der Waals surface area (Å²) in [6, 6.07) is 17.1. The highest BCUT2D eigenvalue weighted by Gasteiger charge is 2.33. The Morgan fingerprint density at radius 1 is 1.04 bits per heavy atom. The van der Waals surface area contributed by atoms with Crippen molar-refractivity contribution in [1.82, 2.24) is 4.98 Å². The second-order valence-electron chi connectivity index (χ2n) is 5.85. The lowest BCUT2D eigenvalue weighted by Gasteiger charge is -2.12. The summed E-state index contributed by atoms with van der Waals surface area (Å²) in [5.41, 5.74) is 5.50. The minimum Gasteiger partial charge on any atom is -0.439 e. The zero-order chi connectivity index (χ0) is 20.1. The van der Waals surface area contributed by atoms with Crippen LogP contribution < -0.4 is 15.8 Å². The van der Waals surface area contributed by atoms with Crippen molar-refractivity contribution in [3.05, 3.63) is 83.6 Å². The summed E-state index contributed by atoms with van der Waals surface area (Å²) in [7, 11) is 0. The summed E-state index contributed by atoms with van der Waals surface area (Å²) >= 11 is 0. The molecule has 5 nitrogen and oxygen atoms in total. The van der Waals surface area contributed by atoms with Gasteiger partial charge in [-0.25, -0.2) is 4.98 Å². The first-order valence-corrected chi connectivity index (χ1v) is 8.28. The van der Waals surface area contributed by atoms with Gasteiger partial charge in [0.1, 0.15) is 11.4 Å². The quantitative estimate of drug-likeness (QED) is 0.671. The molecule has 0 aliphatic rings. The number of ether oxygens (including phenoxy) is 1. The normalized spacial score (nSPS) is 11.1. The molecule has 0 saturated heterocycles. The maximum atomic E-state index is 13.0. The van der Waals surface area contributed by atoms with Gasteiger partial charge in [-0.2, -0.15) is 13.2 Å². The zero-order valence-electron chi connectivity index (χ0n) is 14.5. The predicted molar refractivity (Wildman–Crippen MR) is 98.0 cm³/mol. The van der Waals surface area contributed by atoms with Gasteiger partial charge >= 0.3 is 6.18 Å². The number of hydrogen-bond acceptors (Lipinski definition) is 4. The molecule has 28 heavy (non-hydrogen) atoms. The molecule has 0 radical (unpaired) electrons. The van der Waals surface area contributed by atoms with E-state index in [2.05, 4.69) is 10.3 Å². The third-order valence-electron chi connectivity index (χ3n) is 3.74. The van der Waals surface area contributed by atoms with Crippen LogP contribution in [0.25, 0.3) is 0 Å². The van der Waals surface area contributed by atoms with E-state index < -0.39 is 11.9 Å². The average Bonchev–Trinajstić information content (AvgIpc) is 2.68. The second-order valence-corrected chi connectivity index (χ2v) is 5.85. The summed E-state index contributed by atoms with van der Waals surface area (Å²) in [6.07, 6.45) is -4.62. The van der Waals surface area contributed by atoms with E-state index in [-0.39, 0.29) is 35.2 Å². The van der Waals surface area contributed by atoms with Crippen LogP contribution in [0.1, 0.15) is 21.6 Å². The summed E-state index contributed by atoms with van der Waals surface area (Å²) in [4.78, 5) is 15.8. The third kappa shape index (κ3) is 4.86. The van der Waals surface area contributed by atoms with Crippen molar-refractivity contribution in [2.75, 3.05) is 5.32 Å². The Morgan fingerprint density at radius 3 is 2.46 bits per heavy atom. The number of anilines is 1. The molecule has 1 aromatic heterocycles. The smallest absolute Gasteiger partial charge is 0.433 e. The van der Waals surface area contributed by atoms with Crippen molar-refractivity contribution < 1.29 is 22.7 Å². The number of halogens is 3. The number of nitrogens with two attached hydrogens (primary N) is 1. The molecule has 0 bridgehead atoms. The number of para-hydroxylation sites is 1. The molecule has 0 aliphatic heterocycles. The number of nitrogens with zero attached hydrogens (tertiary/aromatic N) is 1. The summed E-state index contributed by atoms with van der Waals surface area (Å²) < 4.78 is 44.4. The van der Waals surface area contributed by atoms with Crippen LogP contribution in [0, 0.1) is 0 Å². The molecule has 3 rings (SSSR count). The number of nitrogens with one attached hydrogen (secondary N) is 1. The molecule has 0 spiro atoms. The topological polar surface area (TPSA) is 77.2 Å². The van der Waals surface area contributed by atoms with Gasteiger partial charge < -0.3 is 15.8 Å². The van der Waals surface area contributed by atoms with Crippen molar-refractivity contribution in [2.45, 2.75) is 12.7 Å². The van der Waals surface area contributed by atoms with Crippen LogP contribution in [-0.4, -0.2) is 10.9 Å². The standard InChI is InChI=1S/C20H16F3N3O2/c21-20(22,23)17-9-13(12-24)10-18(26-17)28-16-8-4-5-14(11-16)19(27)25-15-6-2-1-3-7-15/h1-11H,12,24H2,(H,25,27). The average molecular weight is 387 g/mol. The number of hydrogen-bond donors (Lipinski definition) is 2. The van der Waals surface area contributed by atoms with Gasteiger partial charge in [0, 0.05) is 23.9 Å². The second kappa shape index (κ2) is 8.10. The minimum atomic E-state index is -4.62. The number of alkyl halides is 3. The van der Waals surface area contributed by atoms with Crippen LogP contribution in [0.15, 0.2) is 66.7 Å². The van der Waals surface area contributed by atoms with Crippen LogP contribution in [0.4, 0.5) is 18.9 Å². The van der Waals surface area contributed by atoms with Gasteiger partial charge in [0.15, 0.2) is 0 Å². The van der Waals surface area contributed by atoms with E-state index in [1.165, 1.54) is 18.2 Å². The largest absolute Gasteiger partial charge is 0.439 e. The fourth-order valence-electron chi connectivity index (χ4n) is 2.42. The van der Waals surface area contributed by atoms with E-state index >= 15 is 0 Å². The number of amides is 1. The molecule has 144 valence electrons. The van der Waals surface area contributed by atoms with E-state index in [1.54, 1.807) is 36.4 Å².